The lowest BCUT2D eigenvalue weighted by atomic mass is 9.79. The van der Waals surface area contributed by atoms with Gasteiger partial charge in [0.05, 0.1) is 6.04 Å². The second-order valence-electron chi connectivity index (χ2n) is 6.36. The van der Waals surface area contributed by atoms with Crippen LogP contribution in [0.3, 0.4) is 0 Å². The molecule has 4 heteroatoms. The predicted octanol–water partition coefficient (Wildman–Crippen LogP) is 2.76. The molecule has 1 amide bonds. The van der Waals surface area contributed by atoms with E-state index in [1.807, 2.05) is 20.8 Å². The predicted molar refractivity (Wildman–Crippen MR) is 68.3 cm³/mol. The second kappa shape index (κ2) is 4.90. The van der Waals surface area contributed by atoms with Crippen molar-refractivity contribution in [3.05, 3.63) is 0 Å². The quantitative estimate of drug-likeness (QED) is 0.760. The zero-order valence-electron chi connectivity index (χ0n) is 11.6. The molecule has 1 saturated carbocycles. The average Bonchev–Trinajstić information content (AvgIpc) is 2.59. The van der Waals surface area contributed by atoms with Gasteiger partial charge in [-0.25, -0.2) is 4.79 Å². The molecule has 4 nitrogen and oxygen atoms in total. The standard InChI is InChI=1S/C14H23NO3/c1-14(2,3)18-13(17)15-9-5-8-11(15)12(16)10-6-4-7-10/h10-11H,4-9H2,1-3H3. The molecule has 1 atom stereocenters. The van der Waals surface area contributed by atoms with Crippen LogP contribution in [0.15, 0.2) is 0 Å². The fraction of sp³-hybridized carbons (Fsp3) is 0.857. The van der Waals surface area contributed by atoms with Gasteiger partial charge >= 0.3 is 6.09 Å². The molecule has 1 saturated heterocycles. The van der Waals surface area contributed by atoms with Crippen LogP contribution in [0.5, 0.6) is 0 Å². The molecule has 102 valence electrons. The van der Waals surface area contributed by atoms with E-state index in [4.69, 9.17) is 4.74 Å². The van der Waals surface area contributed by atoms with Gasteiger partial charge in [-0.15, -0.1) is 0 Å². The summed E-state index contributed by atoms with van der Waals surface area (Å²) in [5.41, 5.74) is -0.496. The SMILES string of the molecule is CC(C)(C)OC(=O)N1CCCC1C(=O)C1CCC1. The lowest BCUT2D eigenvalue weighted by Crippen LogP contribution is -2.46. The Hall–Kier alpha value is -1.06. The monoisotopic (exact) mass is 253 g/mol. The van der Waals surface area contributed by atoms with Crippen LogP contribution < -0.4 is 0 Å². The van der Waals surface area contributed by atoms with Crippen molar-refractivity contribution in [2.45, 2.75) is 64.5 Å². The fourth-order valence-electron chi connectivity index (χ4n) is 2.57. The number of carbonyl (C=O) groups excluding carboxylic acids is 2. The number of amides is 1. The first-order valence-corrected chi connectivity index (χ1v) is 6.92. The van der Waals surface area contributed by atoms with Crippen molar-refractivity contribution in [1.29, 1.82) is 0 Å². The largest absolute Gasteiger partial charge is 0.444 e. The Morgan fingerprint density at radius 1 is 1.11 bits per heavy atom. The number of hydrogen-bond acceptors (Lipinski definition) is 3. The van der Waals surface area contributed by atoms with Gasteiger partial charge in [0.15, 0.2) is 5.78 Å². The van der Waals surface area contributed by atoms with Crippen molar-refractivity contribution < 1.29 is 14.3 Å². The number of rotatable bonds is 2. The Morgan fingerprint density at radius 2 is 1.78 bits per heavy atom. The van der Waals surface area contributed by atoms with Gasteiger partial charge in [0, 0.05) is 12.5 Å². The van der Waals surface area contributed by atoms with Crippen LogP contribution in [-0.2, 0) is 9.53 Å². The summed E-state index contributed by atoms with van der Waals surface area (Å²) in [6, 6.07) is -0.231. The topological polar surface area (TPSA) is 46.6 Å². The number of hydrogen-bond donors (Lipinski definition) is 0. The highest BCUT2D eigenvalue weighted by Gasteiger charge is 2.40. The first kappa shape index (κ1) is 13.4. The molecule has 1 aliphatic carbocycles. The van der Waals surface area contributed by atoms with Crippen molar-refractivity contribution in [2.24, 2.45) is 5.92 Å². The van der Waals surface area contributed by atoms with Crippen LogP contribution in [-0.4, -0.2) is 35.0 Å². The number of ether oxygens (including phenoxy) is 1. The number of ketones is 1. The van der Waals surface area contributed by atoms with E-state index >= 15 is 0 Å². The summed E-state index contributed by atoms with van der Waals surface area (Å²) in [5, 5.41) is 0. The number of nitrogens with zero attached hydrogens (tertiary/aromatic N) is 1. The molecule has 18 heavy (non-hydrogen) atoms. The van der Waals surface area contributed by atoms with Gasteiger partial charge in [-0.2, -0.15) is 0 Å². The van der Waals surface area contributed by atoms with Gasteiger partial charge in [0.1, 0.15) is 5.60 Å². The first-order valence-electron chi connectivity index (χ1n) is 6.92. The van der Waals surface area contributed by atoms with Crippen molar-refractivity contribution in [3.8, 4) is 0 Å². The van der Waals surface area contributed by atoms with Gasteiger partial charge in [-0.3, -0.25) is 9.69 Å². The van der Waals surface area contributed by atoms with E-state index < -0.39 is 5.60 Å². The molecule has 1 aliphatic heterocycles. The van der Waals surface area contributed by atoms with Gasteiger partial charge in [0.25, 0.3) is 0 Å². The van der Waals surface area contributed by atoms with E-state index in [-0.39, 0.29) is 23.8 Å². The van der Waals surface area contributed by atoms with Crippen LogP contribution in [0.2, 0.25) is 0 Å². The van der Waals surface area contributed by atoms with Crippen LogP contribution in [0.25, 0.3) is 0 Å². The van der Waals surface area contributed by atoms with Gasteiger partial charge in [-0.1, -0.05) is 6.42 Å². The van der Waals surface area contributed by atoms with E-state index in [0.717, 1.165) is 32.1 Å². The molecule has 0 radical (unpaired) electrons. The maximum atomic E-state index is 12.3. The molecule has 0 spiro atoms. The Balaban J connectivity index is 1.98. The molecule has 0 bridgehead atoms. The Morgan fingerprint density at radius 3 is 2.28 bits per heavy atom. The molecule has 0 aromatic carbocycles. The molecular weight excluding hydrogens is 230 g/mol. The van der Waals surface area contributed by atoms with Crippen LogP contribution in [0.1, 0.15) is 52.9 Å². The molecule has 0 aromatic heterocycles. The normalized spacial score (nSPS) is 24.8. The molecular formula is C14H23NO3. The van der Waals surface area contributed by atoms with Gasteiger partial charge in [0.2, 0.25) is 0 Å². The van der Waals surface area contributed by atoms with Crippen molar-refractivity contribution in [1.82, 2.24) is 4.90 Å². The maximum absolute atomic E-state index is 12.3. The Labute approximate surface area is 109 Å². The molecule has 2 rings (SSSR count). The lowest BCUT2D eigenvalue weighted by Gasteiger charge is -2.32. The Bertz CT molecular complexity index is 341. The highest BCUT2D eigenvalue weighted by atomic mass is 16.6. The molecule has 2 fully saturated rings. The summed E-state index contributed by atoms with van der Waals surface area (Å²) in [6.07, 6.45) is 4.51. The summed E-state index contributed by atoms with van der Waals surface area (Å²) in [4.78, 5) is 25.9. The average molecular weight is 253 g/mol. The molecule has 1 unspecified atom stereocenters. The highest BCUT2D eigenvalue weighted by molar-refractivity contribution is 5.90. The third kappa shape index (κ3) is 2.85. The third-order valence-electron chi connectivity index (χ3n) is 3.72. The van der Waals surface area contributed by atoms with Gasteiger partial charge < -0.3 is 4.74 Å². The van der Waals surface area contributed by atoms with E-state index in [1.54, 1.807) is 4.90 Å². The summed E-state index contributed by atoms with van der Waals surface area (Å²) >= 11 is 0. The number of Topliss-reactive ketones (excluding diaryl/α,β-unsaturated/α-hetero) is 1. The summed E-state index contributed by atoms with van der Waals surface area (Å²) in [6.45, 7) is 6.20. The zero-order valence-corrected chi connectivity index (χ0v) is 11.6. The minimum atomic E-state index is -0.496. The Kier molecular flexibility index (Phi) is 3.64. The summed E-state index contributed by atoms with van der Waals surface area (Å²) in [5.74, 6) is 0.447. The van der Waals surface area contributed by atoms with Crippen LogP contribution >= 0.6 is 0 Å². The lowest BCUT2D eigenvalue weighted by molar-refractivity contribution is -0.129. The highest BCUT2D eigenvalue weighted by Crippen LogP contribution is 2.32. The molecule has 0 aromatic rings. The maximum Gasteiger partial charge on any atom is 0.410 e. The van der Waals surface area contributed by atoms with E-state index in [2.05, 4.69) is 0 Å². The van der Waals surface area contributed by atoms with E-state index in [1.165, 1.54) is 0 Å². The van der Waals surface area contributed by atoms with E-state index in [9.17, 15) is 9.59 Å². The summed E-state index contributed by atoms with van der Waals surface area (Å²) < 4.78 is 5.37. The first-order chi connectivity index (χ1) is 8.38. The number of likely N-dealkylation sites (tertiary alicyclic amines) is 1. The number of carbonyl (C=O) groups is 2. The van der Waals surface area contributed by atoms with Crippen molar-refractivity contribution >= 4 is 11.9 Å². The van der Waals surface area contributed by atoms with Crippen molar-refractivity contribution in [2.75, 3.05) is 6.54 Å². The van der Waals surface area contributed by atoms with E-state index in [0.29, 0.717) is 6.54 Å². The fourth-order valence-corrected chi connectivity index (χ4v) is 2.57. The molecule has 1 heterocycles. The van der Waals surface area contributed by atoms with Crippen LogP contribution in [0, 0.1) is 5.92 Å². The summed E-state index contributed by atoms with van der Waals surface area (Å²) in [7, 11) is 0. The second-order valence-corrected chi connectivity index (χ2v) is 6.36. The molecule has 0 N–H and O–H groups in total. The van der Waals surface area contributed by atoms with Crippen LogP contribution in [0.4, 0.5) is 4.79 Å². The zero-order chi connectivity index (χ0) is 13.3. The molecule has 2 aliphatic rings. The third-order valence-corrected chi connectivity index (χ3v) is 3.72. The van der Waals surface area contributed by atoms with Crippen molar-refractivity contribution in [3.63, 3.8) is 0 Å². The smallest absolute Gasteiger partial charge is 0.410 e. The minimum Gasteiger partial charge on any atom is -0.444 e. The minimum absolute atomic E-state index is 0.193. The van der Waals surface area contributed by atoms with Gasteiger partial charge in [-0.05, 0) is 46.5 Å².